The number of thiazole rings is 1. The third-order valence-corrected chi connectivity index (χ3v) is 5.44. The van der Waals surface area contributed by atoms with Crippen LogP contribution < -0.4 is 9.47 Å². The monoisotopic (exact) mass is 456 g/mol. The minimum atomic E-state index is -3.18. The number of hydrogen-bond donors (Lipinski definition) is 0. The van der Waals surface area contributed by atoms with Crippen molar-refractivity contribution in [3.8, 4) is 22.1 Å². The van der Waals surface area contributed by atoms with Crippen LogP contribution in [-0.4, -0.2) is 29.6 Å². The number of alkyl halides is 2. The summed E-state index contributed by atoms with van der Waals surface area (Å²) in [6.45, 7) is -3.62. The number of nitrogens with zero attached hydrogens (tertiary/aromatic N) is 2. The topological polar surface area (TPSA) is 101 Å². The van der Waals surface area contributed by atoms with Gasteiger partial charge in [-0.25, -0.2) is 4.98 Å². The van der Waals surface area contributed by atoms with E-state index in [2.05, 4.69) is 9.72 Å². The van der Waals surface area contributed by atoms with Gasteiger partial charge in [-0.05, 0) is 17.5 Å². The summed E-state index contributed by atoms with van der Waals surface area (Å²) in [6.07, 6.45) is -0.113. The Hall–Kier alpha value is -3.12. The maximum absolute atomic E-state index is 12.5. The molecule has 30 heavy (non-hydrogen) atoms. The van der Waals surface area contributed by atoms with E-state index < -0.39 is 35.5 Å². The lowest BCUT2D eigenvalue weighted by molar-refractivity contribution is -0.386. The number of esters is 1. The van der Waals surface area contributed by atoms with E-state index in [-0.39, 0.29) is 17.7 Å². The average molecular weight is 456 g/mol. The summed E-state index contributed by atoms with van der Waals surface area (Å²) in [6, 6.07) is 3.85. The van der Waals surface area contributed by atoms with Gasteiger partial charge in [0.25, 0.3) is 5.69 Å². The van der Waals surface area contributed by atoms with Gasteiger partial charge >= 0.3 is 12.6 Å². The number of rotatable bonds is 9. The summed E-state index contributed by atoms with van der Waals surface area (Å²) in [4.78, 5) is 27.0. The summed E-state index contributed by atoms with van der Waals surface area (Å²) < 4.78 is 39.3. The molecule has 0 unspecified atom stereocenters. The minimum Gasteiger partial charge on any atom is -0.493 e. The van der Waals surface area contributed by atoms with E-state index >= 15 is 0 Å². The van der Waals surface area contributed by atoms with Crippen LogP contribution >= 0.6 is 22.7 Å². The highest BCUT2D eigenvalue weighted by Gasteiger charge is 2.23. The molecule has 158 valence electrons. The Bertz CT molecular complexity index is 1040. The highest BCUT2D eigenvalue weighted by atomic mass is 32.1. The van der Waals surface area contributed by atoms with Gasteiger partial charge < -0.3 is 14.2 Å². The van der Waals surface area contributed by atoms with Crippen molar-refractivity contribution in [1.29, 1.82) is 0 Å². The molecule has 3 aromatic rings. The van der Waals surface area contributed by atoms with Crippen LogP contribution in [0.5, 0.6) is 11.5 Å². The van der Waals surface area contributed by atoms with E-state index in [4.69, 9.17) is 9.47 Å². The van der Waals surface area contributed by atoms with Gasteiger partial charge in [-0.15, -0.1) is 11.3 Å². The van der Waals surface area contributed by atoms with Crippen LogP contribution in [0.3, 0.4) is 0 Å². The molecule has 0 atom stereocenters. The Labute approximate surface area is 176 Å². The minimum absolute atomic E-state index is 0.0240. The van der Waals surface area contributed by atoms with Crippen molar-refractivity contribution in [1.82, 2.24) is 4.98 Å². The van der Waals surface area contributed by atoms with E-state index in [0.29, 0.717) is 5.69 Å². The molecular weight excluding hydrogens is 442 g/mol. The average Bonchev–Trinajstić information content (AvgIpc) is 3.37. The Kier molecular flexibility index (Phi) is 6.90. The van der Waals surface area contributed by atoms with Crippen LogP contribution in [0.25, 0.3) is 10.6 Å². The van der Waals surface area contributed by atoms with E-state index in [1.54, 1.807) is 5.38 Å². The summed E-state index contributed by atoms with van der Waals surface area (Å²) >= 11 is 2.92. The maximum atomic E-state index is 12.5. The number of nitro groups is 1. The summed E-state index contributed by atoms with van der Waals surface area (Å²) in [5, 5.41) is 17.6. The zero-order valence-corrected chi connectivity index (χ0v) is 17.0. The van der Waals surface area contributed by atoms with Crippen LogP contribution in [0.2, 0.25) is 0 Å². The number of nitro benzene ring substituents is 1. The number of carbonyl (C=O) groups is 1. The first-order valence-electron chi connectivity index (χ1n) is 8.30. The zero-order valence-electron chi connectivity index (χ0n) is 15.4. The molecule has 1 aromatic carbocycles. The Balaban J connectivity index is 1.69. The molecule has 0 N–H and O–H groups in total. The quantitative estimate of drug-likeness (QED) is 0.262. The molecule has 0 aliphatic carbocycles. The van der Waals surface area contributed by atoms with Crippen molar-refractivity contribution < 1.29 is 32.7 Å². The van der Waals surface area contributed by atoms with E-state index in [1.165, 1.54) is 29.8 Å². The lowest BCUT2D eigenvalue weighted by Gasteiger charge is -2.12. The van der Waals surface area contributed by atoms with Crippen molar-refractivity contribution in [2.75, 3.05) is 7.11 Å². The number of hydrogen-bond acceptors (Lipinski definition) is 9. The summed E-state index contributed by atoms with van der Waals surface area (Å²) in [7, 11) is 1.20. The number of ether oxygens (including phenoxy) is 3. The lowest BCUT2D eigenvalue weighted by Crippen LogP contribution is -2.10. The molecule has 0 bridgehead atoms. The molecule has 2 heterocycles. The van der Waals surface area contributed by atoms with Crippen LogP contribution in [0.4, 0.5) is 14.5 Å². The van der Waals surface area contributed by atoms with Gasteiger partial charge in [0, 0.05) is 16.3 Å². The summed E-state index contributed by atoms with van der Waals surface area (Å²) in [5.41, 5.74) is 0.911. The van der Waals surface area contributed by atoms with Gasteiger partial charge in [0.15, 0.2) is 11.5 Å². The Morgan fingerprint density at radius 3 is 2.73 bits per heavy atom. The fraction of sp³-hybridized carbons (Fsp3) is 0.222. The molecule has 0 aliphatic heterocycles. The number of carbonyl (C=O) groups excluding carboxylic acids is 1. The molecule has 0 saturated heterocycles. The van der Waals surface area contributed by atoms with Crippen LogP contribution in [-0.2, 0) is 22.6 Å². The zero-order chi connectivity index (χ0) is 21.7. The number of aromatic nitrogens is 1. The lowest BCUT2D eigenvalue weighted by atomic mass is 10.1. The van der Waals surface area contributed by atoms with E-state index in [0.717, 1.165) is 22.7 Å². The third-order valence-electron chi connectivity index (χ3n) is 3.81. The van der Waals surface area contributed by atoms with Crippen LogP contribution in [0.1, 0.15) is 11.3 Å². The second-order valence-electron chi connectivity index (χ2n) is 5.76. The number of benzene rings is 1. The van der Waals surface area contributed by atoms with Crippen LogP contribution in [0, 0.1) is 10.1 Å². The first-order chi connectivity index (χ1) is 14.4. The molecular formula is C18H14F2N2O6S2. The van der Waals surface area contributed by atoms with Gasteiger partial charge in [0.1, 0.15) is 11.6 Å². The van der Waals surface area contributed by atoms with E-state index in [9.17, 15) is 23.7 Å². The molecule has 3 rings (SSSR count). The normalized spacial score (nSPS) is 10.8. The SMILES string of the molecule is COc1cc(COC(=O)Cc2csc(-c3ccsc3)n2)c([N+](=O)[O-])cc1OC(F)F. The maximum Gasteiger partial charge on any atom is 0.387 e. The molecule has 0 fully saturated rings. The second-order valence-corrected chi connectivity index (χ2v) is 7.40. The molecule has 2 aromatic heterocycles. The van der Waals surface area contributed by atoms with Gasteiger partial charge in [-0.1, -0.05) is 0 Å². The van der Waals surface area contributed by atoms with Crippen molar-refractivity contribution in [3.63, 3.8) is 0 Å². The fourth-order valence-electron chi connectivity index (χ4n) is 2.49. The van der Waals surface area contributed by atoms with Gasteiger partial charge in [0.05, 0.1) is 35.8 Å². The molecule has 0 saturated carbocycles. The first kappa shape index (κ1) is 21.6. The first-order valence-corrected chi connectivity index (χ1v) is 10.1. The summed E-state index contributed by atoms with van der Waals surface area (Å²) in [5.74, 6) is -1.28. The van der Waals surface area contributed by atoms with Gasteiger partial charge in [0.2, 0.25) is 0 Å². The Morgan fingerprint density at radius 1 is 1.30 bits per heavy atom. The predicted octanol–water partition coefficient (Wildman–Crippen LogP) is 4.68. The molecule has 8 nitrogen and oxygen atoms in total. The predicted molar refractivity (Wildman–Crippen MR) is 105 cm³/mol. The fourth-order valence-corrected chi connectivity index (χ4v) is 4.02. The number of thiophene rings is 1. The molecule has 0 radical (unpaired) electrons. The molecule has 0 amide bonds. The van der Waals surface area contributed by atoms with Crippen molar-refractivity contribution >= 4 is 34.3 Å². The Morgan fingerprint density at radius 2 is 2.10 bits per heavy atom. The molecule has 0 spiro atoms. The molecule has 0 aliphatic rings. The smallest absolute Gasteiger partial charge is 0.387 e. The third kappa shape index (κ3) is 5.27. The molecule has 12 heteroatoms. The van der Waals surface area contributed by atoms with Crippen LogP contribution in [0.15, 0.2) is 34.3 Å². The van der Waals surface area contributed by atoms with Gasteiger partial charge in [-0.2, -0.15) is 20.1 Å². The highest BCUT2D eigenvalue weighted by molar-refractivity contribution is 7.14. The largest absolute Gasteiger partial charge is 0.493 e. The number of methoxy groups -OCH3 is 1. The number of halogens is 2. The highest BCUT2D eigenvalue weighted by Crippen LogP contribution is 2.36. The van der Waals surface area contributed by atoms with Gasteiger partial charge in [-0.3, -0.25) is 14.9 Å². The van der Waals surface area contributed by atoms with E-state index in [1.807, 2.05) is 16.8 Å². The standard InChI is InChI=1S/C18H14F2N2O6S2/c1-26-14-4-11(13(22(24)25)6-15(14)28-18(19)20)7-27-16(23)5-12-9-30-17(21-12)10-2-3-29-8-10/h2-4,6,8-9,18H,5,7H2,1H3. The second kappa shape index (κ2) is 9.59. The van der Waals surface area contributed by atoms with Crippen molar-refractivity contribution in [2.45, 2.75) is 19.6 Å². The van der Waals surface area contributed by atoms with Crippen molar-refractivity contribution in [3.05, 3.63) is 55.7 Å². The van der Waals surface area contributed by atoms with Crippen molar-refractivity contribution in [2.24, 2.45) is 0 Å².